The molecule has 2 heterocycles. The molecule has 3 aromatic carbocycles. The predicted molar refractivity (Wildman–Crippen MR) is 163 cm³/mol. The number of pyridine rings is 1. The van der Waals surface area contributed by atoms with E-state index in [0.29, 0.717) is 11.1 Å². The van der Waals surface area contributed by atoms with E-state index in [4.69, 9.17) is 14.1 Å². The van der Waals surface area contributed by atoms with Gasteiger partial charge in [0.05, 0.1) is 11.5 Å². The lowest BCUT2D eigenvalue weighted by Crippen LogP contribution is -2.39. The Morgan fingerprint density at radius 2 is 1.75 bits per heavy atom. The standard InChI is InChI=1S/C30H27BrN4O8S/c1-44(39,40)21-10-18(12-32-13-21)16-41-25-11-26(29-28(34-43-35-29)23(25)14-33-24(15-36)30(37)38)42-17-20-8-5-9-22(27(20)31)19-6-3-2-4-7-19/h2-13,24,33,36H,14-17H2,1H3,(H,37,38)/t24-/m1/s1. The largest absolute Gasteiger partial charge is 0.488 e. The zero-order chi connectivity index (χ0) is 31.3. The van der Waals surface area contributed by atoms with Crippen molar-refractivity contribution in [2.45, 2.75) is 30.7 Å². The zero-order valence-electron chi connectivity index (χ0n) is 23.3. The van der Waals surface area contributed by atoms with Crippen LogP contribution in [-0.2, 0) is 34.4 Å². The minimum absolute atomic E-state index is 0.0382. The molecule has 0 aliphatic heterocycles. The summed E-state index contributed by atoms with van der Waals surface area (Å²) in [6.07, 6.45) is 3.81. The smallest absolute Gasteiger partial charge is 0.323 e. The number of carboxylic acids is 1. The highest BCUT2D eigenvalue weighted by Gasteiger charge is 2.23. The van der Waals surface area contributed by atoms with Crippen LogP contribution in [0, 0.1) is 0 Å². The third-order valence-electron chi connectivity index (χ3n) is 6.71. The number of aliphatic hydroxyl groups excluding tert-OH is 1. The molecule has 0 bridgehead atoms. The van der Waals surface area contributed by atoms with Crippen molar-refractivity contribution in [2.24, 2.45) is 0 Å². The van der Waals surface area contributed by atoms with E-state index in [1.165, 1.54) is 18.5 Å². The normalized spacial score (nSPS) is 12.2. The molecule has 0 amide bonds. The Labute approximate surface area is 260 Å². The molecule has 0 aliphatic rings. The van der Waals surface area contributed by atoms with Crippen molar-refractivity contribution in [2.75, 3.05) is 12.9 Å². The second-order valence-electron chi connectivity index (χ2n) is 9.79. The van der Waals surface area contributed by atoms with E-state index < -0.39 is 28.5 Å². The van der Waals surface area contributed by atoms with Gasteiger partial charge in [0.2, 0.25) is 0 Å². The molecule has 0 spiro atoms. The SMILES string of the molecule is CS(=O)(=O)c1cncc(COc2cc(OCc3cccc(-c4ccccc4)c3Br)c3nonc3c2CN[C@H](CO)C(=O)O)c1. The molecule has 12 nitrogen and oxygen atoms in total. The highest BCUT2D eigenvalue weighted by Crippen LogP contribution is 2.37. The number of nitrogens with one attached hydrogen (secondary N) is 1. The molecule has 0 radical (unpaired) electrons. The van der Waals surface area contributed by atoms with Gasteiger partial charge in [-0.25, -0.2) is 13.0 Å². The first-order chi connectivity index (χ1) is 21.2. The predicted octanol–water partition coefficient (Wildman–Crippen LogP) is 4.14. The lowest BCUT2D eigenvalue weighted by molar-refractivity contribution is -0.140. The van der Waals surface area contributed by atoms with Crippen LogP contribution in [0.2, 0.25) is 0 Å². The number of carbonyl (C=O) groups is 1. The first kappa shape index (κ1) is 31.1. The van der Waals surface area contributed by atoms with Crippen LogP contribution in [-0.4, -0.2) is 58.8 Å². The highest BCUT2D eigenvalue weighted by molar-refractivity contribution is 9.10. The Kier molecular flexibility index (Phi) is 9.54. The van der Waals surface area contributed by atoms with Gasteiger partial charge < -0.3 is 19.7 Å². The Bertz CT molecular complexity index is 1900. The summed E-state index contributed by atoms with van der Waals surface area (Å²) >= 11 is 3.71. The van der Waals surface area contributed by atoms with Crippen molar-refractivity contribution in [1.82, 2.24) is 20.6 Å². The van der Waals surface area contributed by atoms with Gasteiger partial charge in [-0.05, 0) is 43.4 Å². The molecule has 5 aromatic rings. The molecule has 3 N–H and O–H groups in total. The number of rotatable bonds is 13. The second kappa shape index (κ2) is 13.5. The average Bonchev–Trinajstić information content (AvgIpc) is 3.51. The second-order valence-corrected chi connectivity index (χ2v) is 12.6. The van der Waals surface area contributed by atoms with Gasteiger partial charge >= 0.3 is 5.97 Å². The molecule has 14 heteroatoms. The molecular weight excluding hydrogens is 656 g/mol. The van der Waals surface area contributed by atoms with Gasteiger partial charge in [0.15, 0.2) is 21.1 Å². The number of aliphatic carboxylic acids is 1. The van der Waals surface area contributed by atoms with Gasteiger partial charge in [-0.1, -0.05) is 48.5 Å². The summed E-state index contributed by atoms with van der Waals surface area (Å²) in [6.45, 7) is -0.656. The van der Waals surface area contributed by atoms with Crippen LogP contribution in [0.4, 0.5) is 0 Å². The van der Waals surface area contributed by atoms with Crippen LogP contribution in [0.3, 0.4) is 0 Å². The number of hydrogen-bond donors (Lipinski definition) is 3. The monoisotopic (exact) mass is 682 g/mol. The van der Waals surface area contributed by atoms with Crippen LogP contribution < -0.4 is 14.8 Å². The minimum atomic E-state index is -3.49. The molecule has 0 fully saturated rings. The van der Waals surface area contributed by atoms with E-state index in [2.05, 4.69) is 36.5 Å². The summed E-state index contributed by atoms with van der Waals surface area (Å²) in [5.41, 5.74) is 4.30. The summed E-state index contributed by atoms with van der Waals surface area (Å²) in [5, 5.41) is 29.7. The van der Waals surface area contributed by atoms with E-state index in [9.17, 15) is 23.4 Å². The topological polar surface area (TPSA) is 174 Å². The van der Waals surface area contributed by atoms with Gasteiger partial charge in [0.25, 0.3) is 0 Å². The number of aromatic nitrogens is 3. The van der Waals surface area contributed by atoms with Crippen LogP contribution in [0.15, 0.2) is 87.1 Å². The van der Waals surface area contributed by atoms with Crippen molar-refractivity contribution < 1.29 is 37.5 Å². The number of benzene rings is 3. The number of aliphatic hydroxyl groups is 1. The Morgan fingerprint density at radius 1 is 1.00 bits per heavy atom. The summed E-state index contributed by atoms with van der Waals surface area (Å²) in [5.74, 6) is -0.701. The molecule has 1 atom stereocenters. The summed E-state index contributed by atoms with van der Waals surface area (Å²) < 4.78 is 42.3. The molecule has 44 heavy (non-hydrogen) atoms. The number of ether oxygens (including phenoxy) is 2. The maximum atomic E-state index is 12.0. The molecular formula is C30H27BrN4O8S. The number of sulfone groups is 1. The molecule has 5 rings (SSSR count). The zero-order valence-corrected chi connectivity index (χ0v) is 25.7. The van der Waals surface area contributed by atoms with Gasteiger partial charge in [0.1, 0.15) is 30.5 Å². The van der Waals surface area contributed by atoms with Gasteiger partial charge in [-0.3, -0.25) is 15.1 Å². The molecule has 0 aliphatic carbocycles. The number of nitrogens with zero attached hydrogens (tertiary/aromatic N) is 3. The minimum Gasteiger partial charge on any atom is -0.488 e. The number of hydrogen-bond acceptors (Lipinski definition) is 11. The first-order valence-electron chi connectivity index (χ1n) is 13.2. The molecule has 0 saturated carbocycles. The third kappa shape index (κ3) is 7.05. The average molecular weight is 684 g/mol. The van der Waals surface area contributed by atoms with Crippen LogP contribution in [0.1, 0.15) is 16.7 Å². The summed E-state index contributed by atoms with van der Waals surface area (Å²) in [6, 6.07) is 17.5. The Morgan fingerprint density at radius 3 is 2.48 bits per heavy atom. The maximum absolute atomic E-state index is 12.0. The lowest BCUT2D eigenvalue weighted by Gasteiger charge is -2.17. The van der Waals surface area contributed by atoms with Gasteiger partial charge in [0, 0.05) is 52.4 Å². The Hall–Kier alpha value is -4.37. The van der Waals surface area contributed by atoms with E-state index >= 15 is 0 Å². The lowest BCUT2D eigenvalue weighted by atomic mass is 10.0. The molecule has 0 saturated heterocycles. The van der Waals surface area contributed by atoms with E-state index in [-0.39, 0.29) is 47.2 Å². The van der Waals surface area contributed by atoms with Crippen molar-refractivity contribution in [3.05, 3.63) is 94.2 Å². The molecule has 0 unspecified atom stereocenters. The van der Waals surface area contributed by atoms with Crippen molar-refractivity contribution >= 4 is 42.8 Å². The quantitative estimate of drug-likeness (QED) is 0.162. The number of fused-ring (bicyclic) bond motifs is 1. The van der Waals surface area contributed by atoms with E-state index in [1.807, 2.05) is 48.5 Å². The summed E-state index contributed by atoms with van der Waals surface area (Å²) in [4.78, 5) is 15.6. The van der Waals surface area contributed by atoms with Gasteiger partial charge in [-0.15, -0.1) is 0 Å². The van der Waals surface area contributed by atoms with E-state index in [0.717, 1.165) is 27.4 Å². The van der Waals surface area contributed by atoms with Crippen molar-refractivity contribution in [1.29, 1.82) is 0 Å². The number of carboxylic acid groups (broad SMARTS) is 1. The van der Waals surface area contributed by atoms with Crippen LogP contribution in [0.5, 0.6) is 11.5 Å². The third-order valence-corrected chi connectivity index (χ3v) is 8.73. The summed E-state index contributed by atoms with van der Waals surface area (Å²) in [7, 11) is -3.49. The molecule has 2 aromatic heterocycles. The fourth-order valence-electron chi connectivity index (χ4n) is 4.40. The Balaban J connectivity index is 1.48. The highest BCUT2D eigenvalue weighted by atomic mass is 79.9. The molecule has 228 valence electrons. The van der Waals surface area contributed by atoms with Crippen LogP contribution in [0.25, 0.3) is 22.2 Å². The fraction of sp³-hybridized carbons (Fsp3) is 0.200. The van der Waals surface area contributed by atoms with Gasteiger partial charge in [-0.2, -0.15) is 0 Å². The first-order valence-corrected chi connectivity index (χ1v) is 15.9. The number of halogens is 1. The van der Waals surface area contributed by atoms with E-state index in [1.54, 1.807) is 6.07 Å². The fourth-order valence-corrected chi connectivity index (χ4v) is 5.62. The van der Waals surface area contributed by atoms with Crippen molar-refractivity contribution in [3.63, 3.8) is 0 Å². The maximum Gasteiger partial charge on any atom is 0.323 e. The van der Waals surface area contributed by atoms with Crippen LogP contribution >= 0.6 is 15.9 Å². The van der Waals surface area contributed by atoms with Crippen molar-refractivity contribution in [3.8, 4) is 22.6 Å².